The summed E-state index contributed by atoms with van der Waals surface area (Å²) in [7, 11) is 3.18. The Bertz CT molecular complexity index is 982. The molecule has 0 unspecified atom stereocenters. The maximum absolute atomic E-state index is 12.6. The molecule has 0 fully saturated rings. The summed E-state index contributed by atoms with van der Waals surface area (Å²) in [5, 5.41) is 4.66. The molecule has 0 aliphatic heterocycles. The number of hydrogen-bond acceptors (Lipinski definition) is 5. The van der Waals surface area contributed by atoms with E-state index in [9.17, 15) is 4.79 Å². The summed E-state index contributed by atoms with van der Waals surface area (Å²) in [5.41, 5.74) is 5.98. The summed E-state index contributed by atoms with van der Waals surface area (Å²) >= 11 is 0. The van der Waals surface area contributed by atoms with E-state index in [-0.39, 0.29) is 5.91 Å². The van der Waals surface area contributed by atoms with Crippen LogP contribution in [0.4, 0.5) is 0 Å². The number of amides is 1. The zero-order valence-corrected chi connectivity index (χ0v) is 16.4. The highest BCUT2D eigenvalue weighted by atomic mass is 16.6. The Morgan fingerprint density at radius 1 is 1.11 bits per heavy atom. The maximum atomic E-state index is 12.6. The van der Waals surface area contributed by atoms with Crippen LogP contribution in [0.5, 0.6) is 11.5 Å². The van der Waals surface area contributed by atoms with Crippen LogP contribution < -0.4 is 15.0 Å². The van der Waals surface area contributed by atoms with Crippen LogP contribution in [0.3, 0.4) is 0 Å². The lowest BCUT2D eigenvalue weighted by Crippen LogP contribution is -2.26. The zero-order chi connectivity index (χ0) is 20.1. The molecule has 7 heteroatoms. The summed E-state index contributed by atoms with van der Waals surface area (Å²) in [6.07, 6.45) is 0. The lowest BCUT2D eigenvalue weighted by molar-refractivity contribution is 0.0357. The van der Waals surface area contributed by atoms with Gasteiger partial charge in [0.05, 0.1) is 32.2 Å². The average molecular weight is 381 g/mol. The summed E-state index contributed by atoms with van der Waals surface area (Å²) < 4.78 is 12.3. The predicted octanol–water partition coefficient (Wildman–Crippen LogP) is 3.55. The van der Waals surface area contributed by atoms with E-state index in [1.54, 1.807) is 38.0 Å². The number of ether oxygens (including phenoxy) is 2. The first kappa shape index (κ1) is 19.4. The summed E-state index contributed by atoms with van der Waals surface area (Å²) in [6, 6.07) is 14.9. The number of aromatic nitrogens is 2. The van der Waals surface area contributed by atoms with Gasteiger partial charge in [-0.1, -0.05) is 12.1 Å². The van der Waals surface area contributed by atoms with Crippen molar-refractivity contribution in [3.8, 4) is 28.4 Å². The molecule has 146 valence electrons. The third-order valence-corrected chi connectivity index (χ3v) is 4.18. The van der Waals surface area contributed by atoms with Crippen LogP contribution in [0.15, 0.2) is 48.5 Å². The van der Waals surface area contributed by atoms with Gasteiger partial charge >= 0.3 is 0 Å². The Kier molecular flexibility index (Phi) is 5.96. The highest BCUT2D eigenvalue weighted by molar-refractivity contribution is 5.94. The van der Waals surface area contributed by atoms with Gasteiger partial charge in [0, 0.05) is 11.6 Å². The van der Waals surface area contributed by atoms with E-state index in [0.29, 0.717) is 29.5 Å². The van der Waals surface area contributed by atoms with Gasteiger partial charge in [-0.2, -0.15) is 5.10 Å². The fourth-order valence-electron chi connectivity index (χ4n) is 2.83. The number of rotatable bonds is 7. The zero-order valence-electron chi connectivity index (χ0n) is 16.4. The number of carbonyl (C=O) groups is 1. The minimum absolute atomic E-state index is 0.354. The number of nitrogens with one attached hydrogen (secondary N) is 1. The minimum Gasteiger partial charge on any atom is -0.497 e. The third kappa shape index (κ3) is 3.99. The molecule has 2 aromatic carbocycles. The van der Waals surface area contributed by atoms with E-state index in [2.05, 4.69) is 10.6 Å². The van der Waals surface area contributed by atoms with Crippen molar-refractivity contribution >= 4 is 5.91 Å². The molecule has 1 N–H and O–H groups in total. The SMILES string of the molecule is CCONC(=O)c1cc(-c2ccc(OC)cc2OC)nn1-c1cccc(C)c1. The summed E-state index contributed by atoms with van der Waals surface area (Å²) in [6.45, 7) is 4.15. The van der Waals surface area contributed by atoms with Crippen molar-refractivity contribution in [2.75, 3.05) is 20.8 Å². The van der Waals surface area contributed by atoms with Gasteiger partial charge in [-0.3, -0.25) is 9.63 Å². The van der Waals surface area contributed by atoms with Crippen molar-refractivity contribution in [1.29, 1.82) is 0 Å². The molecule has 0 radical (unpaired) electrons. The molecule has 1 heterocycles. The van der Waals surface area contributed by atoms with Gasteiger partial charge in [0.1, 0.15) is 17.2 Å². The Morgan fingerprint density at radius 2 is 1.93 bits per heavy atom. The molecule has 0 spiro atoms. The molecule has 1 amide bonds. The van der Waals surface area contributed by atoms with E-state index in [1.807, 2.05) is 43.3 Å². The molecule has 0 aliphatic rings. The van der Waals surface area contributed by atoms with Crippen LogP contribution in [0.1, 0.15) is 23.0 Å². The Hall–Kier alpha value is -3.32. The number of benzene rings is 2. The Morgan fingerprint density at radius 3 is 2.61 bits per heavy atom. The average Bonchev–Trinajstić information content (AvgIpc) is 3.16. The molecule has 0 aliphatic carbocycles. The van der Waals surface area contributed by atoms with Crippen LogP contribution in [-0.2, 0) is 4.84 Å². The van der Waals surface area contributed by atoms with Crippen molar-refractivity contribution < 1.29 is 19.1 Å². The quantitative estimate of drug-likeness (QED) is 0.634. The number of hydrogen-bond donors (Lipinski definition) is 1. The fraction of sp³-hybridized carbons (Fsp3) is 0.238. The van der Waals surface area contributed by atoms with Crippen LogP contribution in [-0.4, -0.2) is 36.5 Å². The smallest absolute Gasteiger partial charge is 0.293 e. The largest absolute Gasteiger partial charge is 0.497 e. The van der Waals surface area contributed by atoms with E-state index < -0.39 is 0 Å². The molecular weight excluding hydrogens is 358 g/mol. The number of carbonyl (C=O) groups excluding carboxylic acids is 1. The maximum Gasteiger partial charge on any atom is 0.293 e. The minimum atomic E-state index is -0.380. The molecule has 0 atom stereocenters. The first-order valence-electron chi connectivity index (χ1n) is 8.89. The van der Waals surface area contributed by atoms with E-state index in [4.69, 9.17) is 14.3 Å². The molecular formula is C21H23N3O4. The van der Waals surface area contributed by atoms with Gasteiger partial charge in [-0.15, -0.1) is 0 Å². The second-order valence-electron chi connectivity index (χ2n) is 6.10. The van der Waals surface area contributed by atoms with Crippen molar-refractivity contribution in [1.82, 2.24) is 15.3 Å². The summed E-state index contributed by atoms with van der Waals surface area (Å²) in [4.78, 5) is 17.7. The van der Waals surface area contributed by atoms with Gasteiger partial charge in [-0.05, 0) is 49.7 Å². The van der Waals surface area contributed by atoms with Gasteiger partial charge in [0.2, 0.25) is 0 Å². The molecule has 0 saturated carbocycles. The number of nitrogens with zero attached hydrogens (tertiary/aromatic N) is 2. The highest BCUT2D eigenvalue weighted by Crippen LogP contribution is 2.33. The van der Waals surface area contributed by atoms with Crippen LogP contribution >= 0.6 is 0 Å². The second-order valence-corrected chi connectivity index (χ2v) is 6.10. The van der Waals surface area contributed by atoms with Crippen LogP contribution in [0, 0.1) is 6.92 Å². The Balaban J connectivity index is 2.12. The normalized spacial score (nSPS) is 10.6. The van der Waals surface area contributed by atoms with Crippen molar-refractivity contribution in [3.05, 3.63) is 59.8 Å². The van der Waals surface area contributed by atoms with Crippen molar-refractivity contribution in [2.24, 2.45) is 0 Å². The first-order chi connectivity index (χ1) is 13.6. The molecule has 1 aromatic heterocycles. The molecule has 3 aromatic rings. The Labute approximate surface area is 163 Å². The number of hydroxylamine groups is 1. The monoisotopic (exact) mass is 381 g/mol. The summed E-state index contributed by atoms with van der Waals surface area (Å²) in [5.74, 6) is 0.896. The lowest BCUT2D eigenvalue weighted by atomic mass is 10.1. The topological polar surface area (TPSA) is 74.6 Å². The molecule has 0 saturated heterocycles. The number of aryl methyl sites for hydroxylation is 1. The van der Waals surface area contributed by atoms with Gasteiger partial charge in [0.25, 0.3) is 5.91 Å². The lowest BCUT2D eigenvalue weighted by Gasteiger charge is -2.09. The van der Waals surface area contributed by atoms with Gasteiger partial charge in [0.15, 0.2) is 0 Å². The third-order valence-electron chi connectivity index (χ3n) is 4.18. The molecule has 3 rings (SSSR count). The van der Waals surface area contributed by atoms with E-state index in [0.717, 1.165) is 16.8 Å². The van der Waals surface area contributed by atoms with Crippen molar-refractivity contribution in [3.63, 3.8) is 0 Å². The standard InChI is InChI=1S/C21H23N3O4/c1-5-28-23-21(25)19-13-18(17-10-9-16(26-3)12-20(17)27-4)22-24(19)15-8-6-7-14(2)11-15/h6-13H,5H2,1-4H3,(H,23,25). The van der Waals surface area contributed by atoms with Gasteiger partial charge in [-0.25, -0.2) is 10.2 Å². The molecule has 0 bridgehead atoms. The van der Waals surface area contributed by atoms with Crippen LogP contribution in [0.2, 0.25) is 0 Å². The highest BCUT2D eigenvalue weighted by Gasteiger charge is 2.20. The predicted molar refractivity (Wildman–Crippen MR) is 106 cm³/mol. The molecule has 28 heavy (non-hydrogen) atoms. The van der Waals surface area contributed by atoms with Gasteiger partial charge < -0.3 is 9.47 Å². The van der Waals surface area contributed by atoms with Crippen molar-refractivity contribution in [2.45, 2.75) is 13.8 Å². The number of methoxy groups -OCH3 is 2. The van der Waals surface area contributed by atoms with E-state index in [1.165, 1.54) is 0 Å². The second kappa shape index (κ2) is 8.58. The van der Waals surface area contributed by atoms with Crippen LogP contribution in [0.25, 0.3) is 16.9 Å². The fourth-order valence-corrected chi connectivity index (χ4v) is 2.83. The molecule has 7 nitrogen and oxygen atoms in total. The first-order valence-corrected chi connectivity index (χ1v) is 8.89. The van der Waals surface area contributed by atoms with E-state index >= 15 is 0 Å².